The number of hydrogen-bond donors (Lipinski definition) is 1. The molecule has 4 nitrogen and oxygen atoms in total. The van der Waals surface area contributed by atoms with E-state index in [0.717, 1.165) is 0 Å². The zero-order valence-corrected chi connectivity index (χ0v) is 5.00. The Balaban J connectivity index is 2.87. The van der Waals surface area contributed by atoms with E-state index in [1.54, 1.807) is 12.3 Å². The molecule has 0 saturated heterocycles. The predicted octanol–water partition coefficient (Wildman–Crippen LogP) is 0.468. The van der Waals surface area contributed by atoms with Crippen molar-refractivity contribution in [2.75, 3.05) is 0 Å². The molecule has 2 aliphatic heterocycles. The molecule has 0 saturated carbocycles. The van der Waals surface area contributed by atoms with Gasteiger partial charge in [0.15, 0.2) is 5.76 Å². The van der Waals surface area contributed by atoms with Crippen LogP contribution >= 0.6 is 0 Å². The molecule has 0 unspecified atom stereocenters. The summed E-state index contributed by atoms with van der Waals surface area (Å²) >= 11 is 0. The second-order valence-electron chi connectivity index (χ2n) is 1.91. The van der Waals surface area contributed by atoms with Gasteiger partial charge in [-0.25, -0.2) is 0 Å². The summed E-state index contributed by atoms with van der Waals surface area (Å²) in [5.74, 6) is 0.597. The highest BCUT2D eigenvalue weighted by Gasteiger charge is 2.04. The minimum Gasteiger partial charge on any atom is -0.377 e. The van der Waals surface area contributed by atoms with Gasteiger partial charge in [0.1, 0.15) is 5.69 Å². The van der Waals surface area contributed by atoms with Crippen molar-refractivity contribution in [3.63, 3.8) is 0 Å². The molecule has 0 aliphatic carbocycles. The van der Waals surface area contributed by atoms with E-state index >= 15 is 0 Å². The maximum absolute atomic E-state index is 10.6. The van der Waals surface area contributed by atoms with Crippen LogP contribution in [0.25, 0.3) is 11.5 Å². The molecule has 10 heavy (non-hydrogen) atoms. The first-order valence-electron chi connectivity index (χ1n) is 2.79. The zero-order valence-electron chi connectivity index (χ0n) is 5.00. The summed E-state index contributed by atoms with van der Waals surface area (Å²) in [4.78, 5) is 14.5. The third-order valence-electron chi connectivity index (χ3n) is 1.22. The smallest absolute Gasteiger partial charge is 0.278 e. The largest absolute Gasteiger partial charge is 0.377 e. The molecule has 0 radical (unpaired) electrons. The van der Waals surface area contributed by atoms with Gasteiger partial charge < -0.3 is 4.52 Å². The fourth-order valence-corrected chi connectivity index (χ4v) is 0.788. The number of fused-ring (bicyclic) bond motifs is 1. The fourth-order valence-electron chi connectivity index (χ4n) is 0.788. The zero-order chi connectivity index (χ0) is 6.97. The Labute approximate surface area is 55.8 Å². The summed E-state index contributed by atoms with van der Waals surface area (Å²) in [5, 5.41) is 2.19. The van der Waals surface area contributed by atoms with Crippen LogP contribution in [0, 0.1) is 0 Å². The molecular weight excluding hydrogens is 132 g/mol. The number of nitrogens with one attached hydrogen (secondary N) is 1. The Morgan fingerprint density at radius 1 is 1.60 bits per heavy atom. The van der Waals surface area contributed by atoms with Gasteiger partial charge in [-0.2, -0.15) is 5.16 Å². The summed E-state index contributed by atoms with van der Waals surface area (Å²) in [5.41, 5.74) is 0.315. The highest BCUT2D eigenvalue weighted by molar-refractivity contribution is 5.51. The minimum atomic E-state index is -0.272. The van der Waals surface area contributed by atoms with Crippen molar-refractivity contribution in [3.05, 3.63) is 28.7 Å². The first-order chi connectivity index (χ1) is 4.86. The van der Waals surface area contributed by atoms with Crippen molar-refractivity contribution < 1.29 is 4.52 Å². The van der Waals surface area contributed by atoms with Crippen LogP contribution in [0.3, 0.4) is 0 Å². The lowest BCUT2D eigenvalue weighted by Gasteiger charge is -1.89. The molecule has 0 atom stereocenters. The molecule has 0 aromatic rings. The summed E-state index contributed by atoms with van der Waals surface area (Å²) in [7, 11) is 0. The average molecular weight is 136 g/mol. The van der Waals surface area contributed by atoms with E-state index < -0.39 is 0 Å². The summed E-state index contributed by atoms with van der Waals surface area (Å²) in [6.07, 6.45) is 1.58. The van der Waals surface area contributed by atoms with Gasteiger partial charge in [0.25, 0.3) is 5.56 Å². The maximum atomic E-state index is 10.6. The molecule has 2 heterocycles. The van der Waals surface area contributed by atoms with E-state index in [1.807, 2.05) is 0 Å². The van der Waals surface area contributed by atoms with Crippen molar-refractivity contribution in [2.45, 2.75) is 0 Å². The van der Waals surface area contributed by atoms with Crippen LogP contribution in [0.4, 0.5) is 0 Å². The average Bonchev–Trinajstić information content (AvgIpc) is 2.33. The van der Waals surface area contributed by atoms with E-state index in [0.29, 0.717) is 11.5 Å². The van der Waals surface area contributed by atoms with E-state index in [9.17, 15) is 4.79 Å². The van der Waals surface area contributed by atoms with Gasteiger partial charge >= 0.3 is 0 Å². The van der Waals surface area contributed by atoms with Gasteiger partial charge in [-0.3, -0.25) is 9.78 Å². The molecule has 0 fully saturated rings. The molecule has 2 aliphatic rings. The number of aromatic amines is 1. The topological polar surface area (TPSA) is 58.9 Å². The molecule has 0 spiro atoms. The molecule has 0 amide bonds. The first-order valence-corrected chi connectivity index (χ1v) is 2.79. The Morgan fingerprint density at radius 3 is 3.40 bits per heavy atom. The first kappa shape index (κ1) is 5.22. The number of aromatic nitrogens is 2. The summed E-state index contributed by atoms with van der Waals surface area (Å²) in [6.45, 7) is 0. The van der Waals surface area contributed by atoms with Crippen molar-refractivity contribution in [1.29, 1.82) is 0 Å². The highest BCUT2D eigenvalue weighted by Crippen LogP contribution is 2.14. The van der Waals surface area contributed by atoms with Crippen molar-refractivity contribution in [3.8, 4) is 11.5 Å². The highest BCUT2D eigenvalue weighted by atomic mass is 16.5. The Morgan fingerprint density at radius 2 is 2.50 bits per heavy atom. The normalized spacial score (nSPS) is 10.4. The van der Waals surface area contributed by atoms with Crippen LogP contribution in [0.15, 0.2) is 27.6 Å². The van der Waals surface area contributed by atoms with E-state index in [4.69, 9.17) is 4.52 Å². The molecule has 1 N–H and O–H groups in total. The lowest BCUT2D eigenvalue weighted by atomic mass is 10.3. The molecule has 0 bridgehead atoms. The Hall–Kier alpha value is -1.58. The van der Waals surface area contributed by atoms with E-state index in [-0.39, 0.29) is 5.56 Å². The Kier molecular flexibility index (Phi) is 0.887. The SMILES string of the molecule is O=c1cc2nccc-2o[nH]1. The van der Waals surface area contributed by atoms with E-state index in [2.05, 4.69) is 10.1 Å². The van der Waals surface area contributed by atoms with Crippen molar-refractivity contribution >= 4 is 0 Å². The van der Waals surface area contributed by atoms with Gasteiger partial charge in [0.05, 0.1) is 0 Å². The van der Waals surface area contributed by atoms with Gasteiger partial charge in [0.2, 0.25) is 0 Å². The third kappa shape index (κ3) is 0.621. The number of H-pyrrole nitrogens is 1. The molecular formula is C6H4N2O2. The lowest BCUT2D eigenvalue weighted by molar-refractivity contribution is 0.403. The van der Waals surface area contributed by atoms with E-state index in [1.165, 1.54) is 6.07 Å². The quantitative estimate of drug-likeness (QED) is 0.572. The van der Waals surface area contributed by atoms with Crippen molar-refractivity contribution in [2.24, 2.45) is 0 Å². The van der Waals surface area contributed by atoms with Crippen LogP contribution in [-0.2, 0) is 0 Å². The van der Waals surface area contributed by atoms with Gasteiger partial charge in [0, 0.05) is 18.3 Å². The summed E-state index contributed by atoms with van der Waals surface area (Å²) in [6, 6.07) is 3.07. The van der Waals surface area contributed by atoms with Gasteiger partial charge in [-0.1, -0.05) is 0 Å². The van der Waals surface area contributed by atoms with Crippen LogP contribution in [0.1, 0.15) is 0 Å². The lowest BCUT2D eigenvalue weighted by Crippen LogP contribution is -2.02. The van der Waals surface area contributed by atoms with Gasteiger partial charge in [-0.05, 0) is 0 Å². The Bertz CT molecular complexity index is 362. The maximum Gasteiger partial charge on any atom is 0.278 e. The molecule has 50 valence electrons. The van der Waals surface area contributed by atoms with Crippen LogP contribution < -0.4 is 5.56 Å². The minimum absolute atomic E-state index is 0.272. The monoisotopic (exact) mass is 136 g/mol. The molecule has 2 rings (SSSR count). The number of nitrogens with zero attached hydrogens (tertiary/aromatic N) is 1. The molecule has 4 heteroatoms. The fraction of sp³-hybridized carbons (Fsp3) is 0. The second-order valence-corrected chi connectivity index (χ2v) is 1.91. The van der Waals surface area contributed by atoms with Crippen LogP contribution in [0.2, 0.25) is 0 Å². The van der Waals surface area contributed by atoms with Gasteiger partial charge in [-0.15, -0.1) is 0 Å². The van der Waals surface area contributed by atoms with Crippen LogP contribution in [-0.4, -0.2) is 10.1 Å². The number of rotatable bonds is 0. The standard InChI is InChI=1S/C6H4N2O2/c9-6-3-4-5(10-8-6)1-2-7-4/h1-3H,(H,8,9). The molecule has 0 aromatic carbocycles. The number of hydrogen-bond acceptors (Lipinski definition) is 3. The van der Waals surface area contributed by atoms with Crippen molar-refractivity contribution in [1.82, 2.24) is 10.1 Å². The molecule has 0 aromatic heterocycles. The summed E-state index contributed by atoms with van der Waals surface area (Å²) < 4.78 is 4.78. The van der Waals surface area contributed by atoms with Crippen LogP contribution in [0.5, 0.6) is 0 Å². The third-order valence-corrected chi connectivity index (χ3v) is 1.22. The second kappa shape index (κ2) is 1.70. The predicted molar refractivity (Wildman–Crippen MR) is 33.7 cm³/mol.